The average molecular weight is 821 g/mol. The summed E-state index contributed by atoms with van der Waals surface area (Å²) in [6.07, 6.45) is -35.3. The minimum Gasteiger partial charge on any atom is -0.477 e. The molecule has 3 aliphatic rings. The zero-order valence-corrected chi connectivity index (χ0v) is 30.3. The van der Waals surface area contributed by atoms with E-state index in [9.17, 15) is 85.6 Å². The number of aliphatic carboxylic acids is 1. The Morgan fingerprint density at radius 2 is 1.41 bits per heavy atom. The van der Waals surface area contributed by atoms with Crippen LogP contribution in [0.3, 0.4) is 0 Å². The summed E-state index contributed by atoms with van der Waals surface area (Å²) in [5, 5.41) is 141. The highest BCUT2D eigenvalue weighted by molar-refractivity contribution is 5.78. The molecular formula is C31H52N2O23. The predicted molar refractivity (Wildman–Crippen MR) is 174 cm³/mol. The third-order valence-corrected chi connectivity index (χ3v) is 9.49. The molecule has 25 heteroatoms. The van der Waals surface area contributed by atoms with Crippen molar-refractivity contribution in [2.45, 2.75) is 149 Å². The summed E-state index contributed by atoms with van der Waals surface area (Å²) in [6, 6.07) is -3.52. The van der Waals surface area contributed by atoms with Crippen molar-refractivity contribution in [2.75, 3.05) is 19.8 Å². The molecule has 0 aromatic carbocycles. The van der Waals surface area contributed by atoms with Crippen molar-refractivity contribution in [1.29, 1.82) is 0 Å². The SMILES string of the molecule is CC(=O)N[C@H]1[C@H]([C@@H](O)[C@@H](O)CO)O[C@@](O[C@H]2[C@H](O)[C@@H](O[C@@H]([C@H](O[C@@H]3O[C@H](C)[C@@H](O)[C@H](O)[C@@H]3O)[C@H](O)CO)[C@@H](C=O)NC(C)=O)O[C@@H](CO)[C@@H]2O)(C(=O)O)C[C@@H]1O. The van der Waals surface area contributed by atoms with E-state index in [1.54, 1.807) is 0 Å². The molecule has 3 rings (SSSR count). The summed E-state index contributed by atoms with van der Waals surface area (Å²) in [6.45, 7) is -0.160. The minimum atomic E-state index is -3.17. The van der Waals surface area contributed by atoms with Gasteiger partial charge in [0.2, 0.25) is 11.8 Å². The van der Waals surface area contributed by atoms with Gasteiger partial charge in [-0.25, -0.2) is 4.79 Å². The molecule has 3 saturated heterocycles. The maximum absolute atomic E-state index is 12.8. The molecule has 0 bridgehead atoms. The Bertz CT molecular complexity index is 1320. The van der Waals surface area contributed by atoms with Gasteiger partial charge < -0.3 is 110 Å². The Morgan fingerprint density at radius 1 is 0.821 bits per heavy atom. The van der Waals surface area contributed by atoms with Crippen molar-refractivity contribution < 1.29 is 114 Å². The van der Waals surface area contributed by atoms with Crippen LogP contribution in [0.2, 0.25) is 0 Å². The van der Waals surface area contributed by atoms with E-state index < -0.39 is 166 Å². The lowest BCUT2D eigenvalue weighted by atomic mass is 9.88. The van der Waals surface area contributed by atoms with E-state index in [0.29, 0.717) is 0 Å². The monoisotopic (exact) mass is 820 g/mol. The fourth-order valence-electron chi connectivity index (χ4n) is 6.49. The van der Waals surface area contributed by atoms with Gasteiger partial charge in [0.25, 0.3) is 5.79 Å². The van der Waals surface area contributed by atoms with E-state index in [-0.39, 0.29) is 6.29 Å². The first-order valence-corrected chi connectivity index (χ1v) is 17.3. The molecule has 0 spiro atoms. The van der Waals surface area contributed by atoms with Crippen LogP contribution in [0.1, 0.15) is 27.2 Å². The molecule has 15 N–H and O–H groups in total. The van der Waals surface area contributed by atoms with Crippen LogP contribution in [0.4, 0.5) is 0 Å². The number of ether oxygens (including phenoxy) is 6. The molecule has 3 aliphatic heterocycles. The summed E-state index contributed by atoms with van der Waals surface area (Å²) >= 11 is 0. The quantitative estimate of drug-likeness (QED) is 0.0571. The first kappa shape index (κ1) is 47.7. The second kappa shape index (κ2) is 20.4. The molecule has 20 atom stereocenters. The van der Waals surface area contributed by atoms with Crippen LogP contribution in [0.15, 0.2) is 0 Å². The topological polar surface area (TPSA) is 411 Å². The van der Waals surface area contributed by atoms with Crippen molar-refractivity contribution in [3.8, 4) is 0 Å². The highest BCUT2D eigenvalue weighted by Gasteiger charge is 2.60. The van der Waals surface area contributed by atoms with Crippen LogP contribution >= 0.6 is 0 Å². The van der Waals surface area contributed by atoms with Gasteiger partial charge in [0.1, 0.15) is 91.7 Å². The van der Waals surface area contributed by atoms with Crippen LogP contribution in [0.5, 0.6) is 0 Å². The molecule has 324 valence electrons. The average Bonchev–Trinajstić information content (AvgIpc) is 3.15. The molecule has 0 aliphatic carbocycles. The molecule has 0 aromatic heterocycles. The normalized spacial score (nSPS) is 39.7. The second-order valence-electron chi connectivity index (χ2n) is 13.7. The standard InChI is InChI=1S/C31H52N2O23/c1-9-18(43)21(46)22(47)28(51-9)54-25(15(42)7-36)24(12(5-34)32-10(2)38)53-29-23(48)27(20(45)16(8-37)52-29)56-31(30(49)50)4-13(40)17(33-11(3)39)26(55-31)19(44)14(41)6-35/h5,9,12-29,35-37,40-48H,4,6-8H2,1-3H3,(H,32,38)(H,33,39)(H,49,50)/t9-,12-,13+,14+,15-,16+,17-,18-,19+,20+,21+,22+,23+,24-,25-,26-,27-,28+,29-,31+/m1/s1. The Kier molecular flexibility index (Phi) is 17.4. The van der Waals surface area contributed by atoms with Crippen LogP contribution in [-0.4, -0.2) is 232 Å². The molecule has 3 fully saturated rings. The number of amides is 2. The van der Waals surface area contributed by atoms with E-state index in [2.05, 4.69) is 10.6 Å². The van der Waals surface area contributed by atoms with Crippen LogP contribution < -0.4 is 10.6 Å². The fraction of sp³-hybridized carbons (Fsp3) is 0.871. The zero-order valence-electron chi connectivity index (χ0n) is 30.3. The molecule has 0 saturated carbocycles. The van der Waals surface area contributed by atoms with Gasteiger partial charge >= 0.3 is 5.97 Å². The summed E-state index contributed by atoms with van der Waals surface area (Å²) in [4.78, 5) is 49.2. The number of carboxylic acids is 1. The lowest BCUT2D eigenvalue weighted by Gasteiger charge is -2.50. The van der Waals surface area contributed by atoms with Crippen LogP contribution in [-0.2, 0) is 47.6 Å². The third kappa shape index (κ3) is 10.7. The number of hydrogen-bond donors (Lipinski definition) is 15. The number of aliphatic hydroxyl groups is 12. The lowest BCUT2D eigenvalue weighted by molar-refractivity contribution is -0.379. The summed E-state index contributed by atoms with van der Waals surface area (Å²) in [5.74, 6) is -6.92. The maximum Gasteiger partial charge on any atom is 0.364 e. The maximum atomic E-state index is 12.8. The number of nitrogens with one attached hydrogen (secondary N) is 2. The number of hydrogen-bond acceptors (Lipinski definition) is 22. The first-order chi connectivity index (χ1) is 26.2. The molecule has 0 aromatic rings. The zero-order chi connectivity index (χ0) is 42.4. The Labute approximate surface area is 317 Å². The smallest absolute Gasteiger partial charge is 0.364 e. The molecule has 0 radical (unpaired) electrons. The molecule has 56 heavy (non-hydrogen) atoms. The number of aldehydes is 1. The van der Waals surface area contributed by atoms with Gasteiger partial charge in [0, 0.05) is 20.3 Å². The van der Waals surface area contributed by atoms with Crippen LogP contribution in [0.25, 0.3) is 0 Å². The lowest BCUT2D eigenvalue weighted by Crippen LogP contribution is -2.70. The largest absolute Gasteiger partial charge is 0.477 e. The van der Waals surface area contributed by atoms with E-state index in [1.165, 1.54) is 6.92 Å². The number of carbonyl (C=O) groups is 4. The van der Waals surface area contributed by atoms with Crippen molar-refractivity contribution in [2.24, 2.45) is 0 Å². The molecule has 0 unspecified atom stereocenters. The van der Waals surface area contributed by atoms with Gasteiger partial charge in [-0.05, 0) is 6.92 Å². The van der Waals surface area contributed by atoms with Gasteiger partial charge in [-0.3, -0.25) is 9.59 Å². The molecule has 25 nitrogen and oxygen atoms in total. The predicted octanol–water partition coefficient (Wildman–Crippen LogP) is -9.39. The third-order valence-electron chi connectivity index (χ3n) is 9.49. The Hall–Kier alpha value is -2.64. The number of rotatable bonds is 18. The fourth-order valence-corrected chi connectivity index (χ4v) is 6.49. The molecule has 3 heterocycles. The van der Waals surface area contributed by atoms with Crippen molar-refractivity contribution in [3.05, 3.63) is 0 Å². The first-order valence-electron chi connectivity index (χ1n) is 17.3. The van der Waals surface area contributed by atoms with Gasteiger partial charge in [0.05, 0.1) is 38.1 Å². The van der Waals surface area contributed by atoms with Gasteiger partial charge in [-0.2, -0.15) is 0 Å². The van der Waals surface area contributed by atoms with Gasteiger partial charge in [0.15, 0.2) is 12.6 Å². The second-order valence-corrected chi connectivity index (χ2v) is 13.7. The van der Waals surface area contributed by atoms with E-state index >= 15 is 0 Å². The van der Waals surface area contributed by atoms with Crippen LogP contribution in [0, 0.1) is 0 Å². The van der Waals surface area contributed by atoms with Crippen molar-refractivity contribution >= 4 is 24.1 Å². The van der Waals surface area contributed by atoms with E-state index in [0.717, 1.165) is 13.8 Å². The highest BCUT2D eigenvalue weighted by Crippen LogP contribution is 2.38. The Morgan fingerprint density at radius 3 is 1.93 bits per heavy atom. The number of carboxylic acid groups (broad SMARTS) is 1. The molecule has 2 amide bonds. The number of aliphatic hydroxyl groups excluding tert-OH is 12. The van der Waals surface area contributed by atoms with E-state index in [1.807, 2.05) is 0 Å². The van der Waals surface area contributed by atoms with Gasteiger partial charge in [-0.15, -0.1) is 0 Å². The summed E-state index contributed by atoms with van der Waals surface area (Å²) in [5.41, 5.74) is 0. The number of carbonyl (C=O) groups excluding carboxylic acids is 3. The Balaban J connectivity index is 2.07. The van der Waals surface area contributed by atoms with E-state index in [4.69, 9.17) is 28.4 Å². The van der Waals surface area contributed by atoms with Crippen molar-refractivity contribution in [1.82, 2.24) is 10.6 Å². The minimum absolute atomic E-state index is 0.0574. The summed E-state index contributed by atoms with van der Waals surface area (Å²) in [7, 11) is 0. The summed E-state index contributed by atoms with van der Waals surface area (Å²) < 4.78 is 33.6. The van der Waals surface area contributed by atoms with Crippen molar-refractivity contribution in [3.63, 3.8) is 0 Å². The highest BCUT2D eigenvalue weighted by atomic mass is 16.8. The molecular weight excluding hydrogens is 768 g/mol. The van der Waals surface area contributed by atoms with Gasteiger partial charge in [-0.1, -0.05) is 0 Å².